The van der Waals surface area contributed by atoms with Crippen LogP contribution in [-0.4, -0.2) is 45.3 Å². The second-order valence-corrected chi connectivity index (χ2v) is 10.7. The van der Waals surface area contributed by atoms with Crippen LogP contribution in [0, 0.1) is 5.82 Å². The Labute approximate surface area is 211 Å². The molecule has 7 nitrogen and oxygen atoms in total. The highest BCUT2D eigenvalue weighted by atomic mass is 19.1. The fourth-order valence-electron chi connectivity index (χ4n) is 6.10. The fourth-order valence-corrected chi connectivity index (χ4v) is 6.10. The van der Waals surface area contributed by atoms with Gasteiger partial charge >= 0.3 is 0 Å². The number of anilines is 1. The molecule has 1 aromatic heterocycles. The Hall–Kier alpha value is -3.16. The predicted octanol–water partition coefficient (Wildman–Crippen LogP) is 4.90. The van der Waals surface area contributed by atoms with E-state index >= 15 is 0 Å². The van der Waals surface area contributed by atoms with Crippen LogP contribution >= 0.6 is 0 Å². The maximum absolute atomic E-state index is 14.2. The molecule has 36 heavy (non-hydrogen) atoms. The van der Waals surface area contributed by atoms with Gasteiger partial charge in [-0.15, -0.1) is 0 Å². The molecule has 2 N–H and O–H groups in total. The van der Waals surface area contributed by atoms with Crippen molar-refractivity contribution in [3.8, 4) is 0 Å². The Bertz CT molecular complexity index is 1240. The van der Waals surface area contributed by atoms with E-state index in [1.54, 1.807) is 15.5 Å². The summed E-state index contributed by atoms with van der Waals surface area (Å²) in [6.45, 7) is 3.85. The lowest BCUT2D eigenvalue weighted by Gasteiger charge is -2.45. The molecule has 1 aliphatic heterocycles. The van der Waals surface area contributed by atoms with Crippen LogP contribution in [-0.2, 0) is 16.1 Å². The standard InChI is InChI=1S/C28H35FN4O3/c1-18(34)30-24-22-16-20(29)12-13-23(22)32-17-28(2,27(36)31-21-10-6-7-11-21)33(26(35)25(24)32)15-14-19-8-4-3-5-9-19/h8,12-13,16,21H,3-7,9-11,14-15,17H2,1-2H3,(H,30,34)(H,31,36)/t28-/m0/s1. The fraction of sp³-hybridized carbons (Fsp3) is 0.536. The minimum Gasteiger partial charge on any atom is -0.351 e. The van der Waals surface area contributed by atoms with Crippen LogP contribution in [0.5, 0.6) is 0 Å². The van der Waals surface area contributed by atoms with Gasteiger partial charge in [-0.1, -0.05) is 24.5 Å². The number of nitrogens with zero attached hydrogens (tertiary/aromatic N) is 2. The first-order valence-electron chi connectivity index (χ1n) is 13.2. The molecule has 8 heteroatoms. The highest BCUT2D eigenvalue weighted by Gasteiger charge is 2.49. The number of rotatable bonds is 6. The number of carbonyl (C=O) groups is 3. The molecular formula is C28H35FN4O3. The number of aromatic nitrogens is 1. The highest BCUT2D eigenvalue weighted by Crippen LogP contribution is 2.39. The van der Waals surface area contributed by atoms with Gasteiger partial charge in [-0.3, -0.25) is 14.4 Å². The minimum atomic E-state index is -1.12. The monoisotopic (exact) mass is 494 g/mol. The topological polar surface area (TPSA) is 83.4 Å². The summed E-state index contributed by atoms with van der Waals surface area (Å²) in [6.07, 6.45) is 11.5. The SMILES string of the molecule is CC(=O)Nc1c2n(c3ccc(F)cc13)C[C@@](C)(C(=O)NC1CCCC1)N(CCC1=CCCCC1)C2=O. The Morgan fingerprint density at radius 2 is 1.94 bits per heavy atom. The van der Waals surface area contributed by atoms with Gasteiger partial charge in [0.1, 0.15) is 17.1 Å². The average molecular weight is 495 g/mol. The van der Waals surface area contributed by atoms with E-state index in [4.69, 9.17) is 0 Å². The van der Waals surface area contributed by atoms with Crippen LogP contribution in [0.15, 0.2) is 29.8 Å². The Balaban J connectivity index is 1.58. The van der Waals surface area contributed by atoms with Crippen molar-refractivity contribution in [1.29, 1.82) is 0 Å². The molecule has 2 aliphatic carbocycles. The molecule has 1 fully saturated rings. The van der Waals surface area contributed by atoms with E-state index < -0.39 is 11.4 Å². The quantitative estimate of drug-likeness (QED) is 0.560. The van der Waals surface area contributed by atoms with Gasteiger partial charge in [0.25, 0.3) is 5.91 Å². The molecular weight excluding hydrogens is 459 g/mol. The number of carbonyl (C=O) groups excluding carboxylic acids is 3. The number of allylic oxidation sites excluding steroid dienone is 1. The lowest BCUT2D eigenvalue weighted by atomic mass is 9.92. The summed E-state index contributed by atoms with van der Waals surface area (Å²) in [7, 11) is 0. The second kappa shape index (κ2) is 9.71. The van der Waals surface area contributed by atoms with Crippen LogP contribution in [0.3, 0.4) is 0 Å². The molecule has 1 saturated carbocycles. The van der Waals surface area contributed by atoms with Gasteiger partial charge < -0.3 is 20.1 Å². The third kappa shape index (κ3) is 4.42. The molecule has 0 spiro atoms. The number of amides is 3. The van der Waals surface area contributed by atoms with Crippen molar-refractivity contribution in [1.82, 2.24) is 14.8 Å². The summed E-state index contributed by atoms with van der Waals surface area (Å²) in [6, 6.07) is 4.42. The summed E-state index contributed by atoms with van der Waals surface area (Å²) >= 11 is 0. The molecule has 2 heterocycles. The van der Waals surface area contributed by atoms with E-state index in [-0.39, 0.29) is 30.3 Å². The van der Waals surface area contributed by atoms with Crippen LogP contribution in [0.2, 0.25) is 0 Å². The summed E-state index contributed by atoms with van der Waals surface area (Å²) < 4.78 is 16.0. The third-order valence-electron chi connectivity index (χ3n) is 8.06. The Kier molecular flexibility index (Phi) is 6.62. The number of nitrogens with one attached hydrogen (secondary N) is 2. The van der Waals surface area contributed by atoms with Crippen molar-refractivity contribution in [2.24, 2.45) is 0 Å². The first-order valence-corrected chi connectivity index (χ1v) is 13.2. The molecule has 5 rings (SSSR count). The summed E-state index contributed by atoms with van der Waals surface area (Å²) in [4.78, 5) is 41.7. The van der Waals surface area contributed by atoms with Gasteiger partial charge in [-0.2, -0.15) is 0 Å². The molecule has 3 amide bonds. The number of hydrogen-bond donors (Lipinski definition) is 2. The molecule has 2 aromatic rings. The van der Waals surface area contributed by atoms with E-state index in [9.17, 15) is 18.8 Å². The van der Waals surface area contributed by atoms with E-state index in [1.807, 2.05) is 6.92 Å². The van der Waals surface area contributed by atoms with Gasteiger partial charge in [0.2, 0.25) is 11.8 Å². The number of hydrogen-bond acceptors (Lipinski definition) is 3. The third-order valence-corrected chi connectivity index (χ3v) is 8.06. The summed E-state index contributed by atoms with van der Waals surface area (Å²) in [5, 5.41) is 6.45. The van der Waals surface area contributed by atoms with Gasteiger partial charge in [0.05, 0.1) is 17.7 Å². The van der Waals surface area contributed by atoms with Crippen LogP contribution in [0.4, 0.5) is 10.1 Å². The second-order valence-electron chi connectivity index (χ2n) is 10.7. The average Bonchev–Trinajstić information content (AvgIpc) is 3.45. The Morgan fingerprint density at radius 1 is 1.17 bits per heavy atom. The van der Waals surface area contributed by atoms with Crippen LogP contribution < -0.4 is 10.6 Å². The van der Waals surface area contributed by atoms with E-state index in [0.29, 0.717) is 35.2 Å². The molecule has 1 atom stereocenters. The zero-order valence-electron chi connectivity index (χ0n) is 21.2. The highest BCUT2D eigenvalue weighted by molar-refractivity contribution is 6.14. The Morgan fingerprint density at radius 3 is 2.64 bits per heavy atom. The summed E-state index contributed by atoms with van der Waals surface area (Å²) in [5.41, 5.74) is 1.44. The van der Waals surface area contributed by atoms with Crippen molar-refractivity contribution in [3.63, 3.8) is 0 Å². The lowest BCUT2D eigenvalue weighted by molar-refractivity contribution is -0.133. The molecule has 0 saturated heterocycles. The minimum absolute atomic E-state index is 0.124. The van der Waals surface area contributed by atoms with Gasteiger partial charge in [-0.05, 0) is 70.1 Å². The lowest BCUT2D eigenvalue weighted by Crippen LogP contribution is -2.65. The number of fused-ring (bicyclic) bond motifs is 3. The normalized spacial score (nSPS) is 22.5. The molecule has 0 unspecified atom stereocenters. The number of benzene rings is 1. The van der Waals surface area contributed by atoms with Crippen LogP contribution in [0.1, 0.15) is 82.1 Å². The first-order chi connectivity index (χ1) is 17.3. The first kappa shape index (κ1) is 24.5. The molecule has 192 valence electrons. The molecule has 0 radical (unpaired) electrons. The smallest absolute Gasteiger partial charge is 0.273 e. The van der Waals surface area contributed by atoms with Gasteiger partial charge in [-0.25, -0.2) is 4.39 Å². The van der Waals surface area contributed by atoms with Crippen molar-refractivity contribution in [2.45, 2.75) is 89.8 Å². The van der Waals surface area contributed by atoms with E-state index in [1.165, 1.54) is 31.1 Å². The predicted molar refractivity (Wildman–Crippen MR) is 137 cm³/mol. The zero-order chi connectivity index (χ0) is 25.4. The van der Waals surface area contributed by atoms with Crippen molar-refractivity contribution in [3.05, 3.63) is 41.4 Å². The van der Waals surface area contributed by atoms with E-state index in [0.717, 1.165) is 44.9 Å². The zero-order valence-corrected chi connectivity index (χ0v) is 21.2. The largest absolute Gasteiger partial charge is 0.351 e. The van der Waals surface area contributed by atoms with Gasteiger partial charge in [0, 0.05) is 24.9 Å². The maximum Gasteiger partial charge on any atom is 0.273 e. The molecule has 3 aliphatic rings. The van der Waals surface area contributed by atoms with Crippen molar-refractivity contribution in [2.75, 3.05) is 11.9 Å². The van der Waals surface area contributed by atoms with Crippen molar-refractivity contribution >= 4 is 34.3 Å². The molecule has 0 bridgehead atoms. The van der Waals surface area contributed by atoms with Gasteiger partial charge in [0.15, 0.2) is 0 Å². The summed E-state index contributed by atoms with van der Waals surface area (Å²) in [5.74, 6) is -1.26. The maximum atomic E-state index is 14.2. The van der Waals surface area contributed by atoms with Crippen LogP contribution in [0.25, 0.3) is 10.9 Å². The number of halogens is 1. The van der Waals surface area contributed by atoms with E-state index in [2.05, 4.69) is 16.7 Å². The molecule has 1 aromatic carbocycles. The van der Waals surface area contributed by atoms with Crippen molar-refractivity contribution < 1.29 is 18.8 Å².